The van der Waals surface area contributed by atoms with Gasteiger partial charge in [-0.15, -0.1) is 0 Å². The quantitative estimate of drug-likeness (QED) is 0.286. The first-order chi connectivity index (χ1) is 17.7. The fraction of sp³-hybridized carbons (Fsp3) is 0.400. The maximum atomic E-state index is 13.2. The molecule has 4 atom stereocenters. The molecule has 2 rings (SSSR count). The lowest BCUT2D eigenvalue weighted by atomic mass is 9.96. The number of ether oxygens (including phenoxy) is 1. The van der Waals surface area contributed by atoms with Gasteiger partial charge < -0.3 is 30.9 Å². The van der Waals surface area contributed by atoms with Crippen LogP contribution in [0.2, 0.25) is 5.02 Å². The first-order valence-corrected chi connectivity index (χ1v) is 11.8. The highest BCUT2D eigenvalue weighted by molar-refractivity contribution is 6.30. The summed E-state index contributed by atoms with van der Waals surface area (Å²) in [6.07, 6.45) is -9.50. The van der Waals surface area contributed by atoms with Gasteiger partial charge in [-0.2, -0.15) is 13.2 Å². The number of methoxy groups -OCH3 is 1. The monoisotopic (exact) mass is 559 g/mol. The topological polar surface area (TPSA) is 137 Å². The molecular formula is C25H29ClF3N3O6. The maximum Gasteiger partial charge on any atom is 0.416 e. The Kier molecular flexibility index (Phi) is 10.8. The highest BCUT2D eigenvalue weighted by Crippen LogP contribution is 2.26. The zero-order valence-electron chi connectivity index (χ0n) is 20.8. The number of carbonyl (C=O) groups is 3. The van der Waals surface area contributed by atoms with E-state index in [0.717, 1.165) is 0 Å². The van der Waals surface area contributed by atoms with E-state index in [1.165, 1.54) is 51.3 Å². The van der Waals surface area contributed by atoms with Crippen molar-refractivity contribution in [3.05, 3.63) is 64.7 Å². The molecule has 0 fully saturated rings. The molecule has 5 N–H and O–H groups in total. The lowest BCUT2D eigenvalue weighted by Crippen LogP contribution is -2.56. The number of halogens is 4. The highest BCUT2D eigenvalue weighted by atomic mass is 35.5. The van der Waals surface area contributed by atoms with Crippen LogP contribution in [-0.2, 0) is 16.0 Å². The Morgan fingerprint density at radius 1 is 1.00 bits per heavy atom. The summed E-state index contributed by atoms with van der Waals surface area (Å²) in [5.74, 6) is -2.37. The summed E-state index contributed by atoms with van der Waals surface area (Å²) in [4.78, 5) is 37.8. The molecule has 208 valence electrons. The van der Waals surface area contributed by atoms with Crippen LogP contribution in [0.3, 0.4) is 0 Å². The van der Waals surface area contributed by atoms with Crippen LogP contribution < -0.4 is 20.7 Å². The fourth-order valence-electron chi connectivity index (χ4n) is 3.66. The van der Waals surface area contributed by atoms with Crippen LogP contribution in [0.15, 0.2) is 48.5 Å². The van der Waals surface area contributed by atoms with Gasteiger partial charge >= 0.3 is 12.3 Å². The molecule has 0 radical (unpaired) electrons. The molecule has 0 aliphatic rings. The number of rotatable bonds is 11. The van der Waals surface area contributed by atoms with Crippen molar-refractivity contribution >= 4 is 29.5 Å². The van der Waals surface area contributed by atoms with Crippen molar-refractivity contribution in [3.8, 4) is 5.75 Å². The van der Waals surface area contributed by atoms with E-state index in [-0.39, 0.29) is 12.0 Å². The summed E-state index contributed by atoms with van der Waals surface area (Å²) in [7, 11) is 1.41. The molecule has 2 aromatic rings. The van der Waals surface area contributed by atoms with E-state index in [1.807, 2.05) is 0 Å². The minimum atomic E-state index is -5.01. The molecule has 0 bridgehead atoms. The van der Waals surface area contributed by atoms with Gasteiger partial charge in [0.2, 0.25) is 11.8 Å². The molecule has 0 aromatic heterocycles. The third-order valence-corrected chi connectivity index (χ3v) is 5.88. The van der Waals surface area contributed by atoms with Crippen LogP contribution in [0.4, 0.5) is 18.0 Å². The Morgan fingerprint density at radius 2 is 1.63 bits per heavy atom. The van der Waals surface area contributed by atoms with Gasteiger partial charge in [0.05, 0.1) is 13.2 Å². The van der Waals surface area contributed by atoms with Crippen molar-refractivity contribution in [3.63, 3.8) is 0 Å². The third kappa shape index (κ3) is 8.80. The van der Waals surface area contributed by atoms with Crippen molar-refractivity contribution in [2.75, 3.05) is 7.11 Å². The molecule has 0 saturated heterocycles. The number of hydrogen-bond acceptors (Lipinski definition) is 5. The molecule has 13 heteroatoms. The van der Waals surface area contributed by atoms with Crippen molar-refractivity contribution in [1.29, 1.82) is 0 Å². The number of hydrogen-bond donors (Lipinski definition) is 5. The van der Waals surface area contributed by atoms with Gasteiger partial charge in [-0.1, -0.05) is 49.7 Å². The minimum absolute atomic E-state index is 0.128. The lowest BCUT2D eigenvalue weighted by Gasteiger charge is -2.31. The minimum Gasteiger partial charge on any atom is -0.497 e. The van der Waals surface area contributed by atoms with Crippen LogP contribution in [-0.4, -0.2) is 59.6 Å². The maximum absolute atomic E-state index is 13.2. The average molecular weight is 560 g/mol. The summed E-state index contributed by atoms with van der Waals surface area (Å²) in [6.45, 7) is 2.78. The zero-order chi connectivity index (χ0) is 28.6. The lowest BCUT2D eigenvalue weighted by molar-refractivity contribution is -0.215. The Morgan fingerprint density at radius 3 is 2.13 bits per heavy atom. The van der Waals surface area contributed by atoms with Crippen molar-refractivity contribution < 1.29 is 42.5 Å². The van der Waals surface area contributed by atoms with E-state index in [2.05, 4.69) is 16.0 Å². The van der Waals surface area contributed by atoms with Crippen LogP contribution in [0.5, 0.6) is 5.75 Å². The molecule has 2 aromatic carbocycles. The second-order valence-electron chi connectivity index (χ2n) is 8.82. The van der Waals surface area contributed by atoms with Gasteiger partial charge in [0.15, 0.2) is 6.10 Å². The normalized spacial score (nSPS) is 14.7. The Hall–Kier alpha value is -3.51. The number of benzene rings is 2. The molecule has 9 nitrogen and oxygen atoms in total. The van der Waals surface area contributed by atoms with E-state index in [4.69, 9.17) is 16.3 Å². The van der Waals surface area contributed by atoms with Gasteiger partial charge in [-0.25, -0.2) is 4.79 Å². The van der Waals surface area contributed by atoms with Gasteiger partial charge in [0.25, 0.3) is 0 Å². The summed E-state index contributed by atoms with van der Waals surface area (Å²) in [5, 5.41) is 26.1. The molecule has 4 unspecified atom stereocenters. The van der Waals surface area contributed by atoms with Gasteiger partial charge in [0.1, 0.15) is 17.8 Å². The van der Waals surface area contributed by atoms with Crippen molar-refractivity contribution in [2.45, 2.75) is 50.7 Å². The molecule has 0 saturated carbocycles. The first-order valence-electron chi connectivity index (χ1n) is 11.5. The fourth-order valence-corrected chi connectivity index (χ4v) is 3.87. The predicted molar refractivity (Wildman–Crippen MR) is 133 cm³/mol. The number of amides is 3. The van der Waals surface area contributed by atoms with Gasteiger partial charge in [-0.3, -0.25) is 9.59 Å². The summed E-state index contributed by atoms with van der Waals surface area (Å²) in [6, 6.07) is 7.52. The molecular weight excluding hydrogens is 531 g/mol. The smallest absolute Gasteiger partial charge is 0.416 e. The number of carboxylic acid groups (broad SMARTS) is 1. The van der Waals surface area contributed by atoms with Crippen LogP contribution in [0, 0.1) is 5.92 Å². The first kappa shape index (κ1) is 30.7. The van der Waals surface area contributed by atoms with E-state index >= 15 is 0 Å². The second kappa shape index (κ2) is 13.3. The number of aliphatic hydroxyl groups is 1. The van der Waals surface area contributed by atoms with Crippen LogP contribution >= 0.6 is 11.6 Å². The third-order valence-electron chi connectivity index (χ3n) is 5.64. The molecule has 38 heavy (non-hydrogen) atoms. The predicted octanol–water partition coefficient (Wildman–Crippen LogP) is 3.45. The number of alkyl halides is 3. The van der Waals surface area contributed by atoms with E-state index in [0.29, 0.717) is 16.3 Å². The van der Waals surface area contributed by atoms with E-state index in [1.54, 1.807) is 18.2 Å². The molecule has 0 aliphatic heterocycles. The Labute approximate surface area is 222 Å². The Bertz CT molecular complexity index is 1110. The van der Waals surface area contributed by atoms with Crippen molar-refractivity contribution in [2.24, 2.45) is 5.92 Å². The van der Waals surface area contributed by atoms with E-state index < -0.39 is 54.2 Å². The number of carbonyl (C=O) groups excluding carboxylic acids is 2. The number of nitrogens with one attached hydrogen (secondary N) is 3. The largest absolute Gasteiger partial charge is 0.497 e. The zero-order valence-corrected chi connectivity index (χ0v) is 21.5. The van der Waals surface area contributed by atoms with E-state index in [9.17, 15) is 37.8 Å². The summed E-state index contributed by atoms with van der Waals surface area (Å²) >= 11 is 5.97. The molecule has 0 spiro atoms. The van der Waals surface area contributed by atoms with Gasteiger partial charge in [0, 0.05) is 11.4 Å². The SMILES string of the molecule is COc1ccc(C(NC(=O)C(Cc2cccc(Cl)c2)NC(=O)O)C(=O)NC(C(C)C)C(O)C(F)(F)F)cc1. The molecule has 0 aliphatic carbocycles. The number of aliphatic hydroxyl groups excluding tert-OH is 1. The second-order valence-corrected chi connectivity index (χ2v) is 9.25. The average Bonchev–Trinajstić information content (AvgIpc) is 2.83. The summed E-state index contributed by atoms with van der Waals surface area (Å²) in [5.41, 5.74) is 0.697. The van der Waals surface area contributed by atoms with Gasteiger partial charge in [-0.05, 0) is 41.3 Å². The summed E-state index contributed by atoms with van der Waals surface area (Å²) < 4.78 is 44.8. The molecule has 3 amide bonds. The standard InChI is InChI=1S/C25H29ClF3N3O6/c1-13(2)19(21(33)25(27,28)29)31-23(35)20(15-7-9-17(38-3)10-8-15)32-22(34)18(30-24(36)37)12-14-5-4-6-16(26)11-14/h4-11,13,18-21,30,33H,12H2,1-3H3,(H,31,35)(H,32,34)(H,36,37). The van der Waals surface area contributed by atoms with Crippen molar-refractivity contribution in [1.82, 2.24) is 16.0 Å². The van der Waals surface area contributed by atoms with Crippen LogP contribution in [0.1, 0.15) is 31.0 Å². The molecule has 0 heterocycles. The van der Waals surface area contributed by atoms with Crippen LogP contribution in [0.25, 0.3) is 0 Å². The highest BCUT2D eigenvalue weighted by Gasteiger charge is 2.45. The Balaban J connectivity index is 2.39.